The van der Waals surface area contributed by atoms with Crippen molar-refractivity contribution in [3.63, 3.8) is 0 Å². The minimum atomic E-state index is -4.08. The van der Waals surface area contributed by atoms with Crippen molar-refractivity contribution in [1.29, 1.82) is 0 Å². The van der Waals surface area contributed by atoms with Crippen LogP contribution in [0.1, 0.15) is 48.4 Å². The Morgan fingerprint density at radius 2 is 1.46 bits per heavy atom. The predicted molar refractivity (Wildman–Crippen MR) is 151 cm³/mol. The van der Waals surface area contributed by atoms with E-state index in [1.54, 1.807) is 0 Å². The summed E-state index contributed by atoms with van der Waals surface area (Å²) in [4.78, 5) is 6.87. The second-order valence-electron chi connectivity index (χ2n) is 10.2. The third-order valence-electron chi connectivity index (χ3n) is 7.27. The lowest BCUT2D eigenvalue weighted by Gasteiger charge is -2.31. The van der Waals surface area contributed by atoms with Crippen LogP contribution in [0, 0.1) is 19.7 Å². The molecule has 0 bridgehead atoms. The Bertz CT molecular complexity index is 1490. The molecule has 0 aliphatic carbocycles. The van der Waals surface area contributed by atoms with E-state index < -0.39 is 15.7 Å². The normalized spacial score (nSPS) is 15.6. The average Bonchev–Trinajstić information content (AvgIpc) is 3.18. The number of nitrogens with one attached hydrogen (secondary N) is 1. The molecule has 3 aromatic carbocycles. The van der Waals surface area contributed by atoms with Crippen molar-refractivity contribution in [2.75, 3.05) is 25.0 Å². The zero-order valence-corrected chi connectivity index (χ0v) is 23.2. The molecule has 39 heavy (non-hydrogen) atoms. The summed E-state index contributed by atoms with van der Waals surface area (Å²) < 4.78 is 47.0. The van der Waals surface area contributed by atoms with Gasteiger partial charge >= 0.3 is 0 Å². The van der Waals surface area contributed by atoms with E-state index in [1.807, 2.05) is 31.2 Å². The highest BCUT2D eigenvalue weighted by Crippen LogP contribution is 2.34. The van der Waals surface area contributed by atoms with E-state index in [-0.39, 0.29) is 27.7 Å². The Kier molecular flexibility index (Phi) is 8.14. The van der Waals surface area contributed by atoms with Crippen LogP contribution < -0.4 is 5.32 Å². The Hall–Kier alpha value is -3.49. The Balaban J connectivity index is 1.52. The average molecular weight is 548 g/mol. The number of hydrogen-bond donors (Lipinski definition) is 1. The van der Waals surface area contributed by atoms with Crippen molar-refractivity contribution < 1.29 is 17.2 Å². The number of benzene rings is 3. The first-order chi connectivity index (χ1) is 18.8. The van der Waals surface area contributed by atoms with Crippen molar-refractivity contribution in [2.24, 2.45) is 0 Å². The summed E-state index contributed by atoms with van der Waals surface area (Å²) in [5.74, 6) is -0.215. The molecule has 204 valence electrons. The van der Waals surface area contributed by atoms with Crippen molar-refractivity contribution in [3.05, 3.63) is 95.3 Å². The molecule has 0 saturated carbocycles. The summed E-state index contributed by atoms with van der Waals surface area (Å²) >= 11 is 0. The van der Waals surface area contributed by atoms with Gasteiger partial charge in [-0.3, -0.25) is 4.90 Å². The lowest BCUT2D eigenvalue weighted by molar-refractivity contribution is 0.213. The van der Waals surface area contributed by atoms with Gasteiger partial charge in [-0.2, -0.15) is 4.98 Å². The number of sulfone groups is 1. The van der Waals surface area contributed by atoms with Gasteiger partial charge in [0.25, 0.3) is 0 Å². The molecule has 1 aromatic heterocycles. The third-order valence-corrected chi connectivity index (χ3v) is 8.95. The van der Waals surface area contributed by atoms with Crippen LogP contribution in [-0.2, 0) is 9.84 Å². The summed E-state index contributed by atoms with van der Waals surface area (Å²) in [5.41, 5.74) is 4.09. The molecule has 8 heteroatoms. The standard InChI is InChI=1S/C31H34FN3O3S/c1-22-7-11-24(12-8-22)28(35-19-5-3-4-6-20-35)21-33-30-31(39(36,37)27-17-15-26(32)16-18-27)34-29(38-30)25-13-9-23(2)10-14-25/h7-18,28,33H,3-6,19-21H2,1-2H3. The molecule has 0 spiro atoms. The van der Waals surface area contributed by atoms with E-state index in [9.17, 15) is 12.8 Å². The van der Waals surface area contributed by atoms with Gasteiger partial charge in [0.2, 0.25) is 26.6 Å². The second-order valence-corrected chi connectivity index (χ2v) is 12.1. The highest BCUT2D eigenvalue weighted by molar-refractivity contribution is 7.91. The summed E-state index contributed by atoms with van der Waals surface area (Å²) in [6, 6.07) is 20.8. The summed E-state index contributed by atoms with van der Waals surface area (Å²) in [7, 11) is -4.08. The van der Waals surface area contributed by atoms with Gasteiger partial charge in [-0.25, -0.2) is 12.8 Å². The molecule has 1 N–H and O–H groups in total. The number of hydrogen-bond acceptors (Lipinski definition) is 6. The lowest BCUT2D eigenvalue weighted by Crippen LogP contribution is -2.34. The molecular formula is C31H34FN3O3S. The molecule has 1 aliphatic rings. The number of anilines is 1. The quantitative estimate of drug-likeness (QED) is 0.240. The number of rotatable bonds is 8. The molecule has 6 nitrogen and oxygen atoms in total. The first kappa shape index (κ1) is 27.1. The van der Waals surface area contributed by atoms with Crippen LogP contribution in [0.4, 0.5) is 10.3 Å². The fraction of sp³-hybridized carbons (Fsp3) is 0.323. The highest BCUT2D eigenvalue weighted by Gasteiger charge is 2.30. The second kappa shape index (κ2) is 11.7. The van der Waals surface area contributed by atoms with Crippen LogP contribution in [0.25, 0.3) is 11.5 Å². The number of oxazole rings is 1. The van der Waals surface area contributed by atoms with Gasteiger partial charge in [-0.05, 0) is 81.7 Å². The highest BCUT2D eigenvalue weighted by atomic mass is 32.2. The SMILES string of the molecule is Cc1ccc(-c2nc(S(=O)(=O)c3ccc(F)cc3)c(NCC(c3ccc(C)cc3)N3CCCCCC3)o2)cc1. The fourth-order valence-electron chi connectivity index (χ4n) is 4.99. The molecule has 4 aromatic rings. The van der Waals surface area contributed by atoms with E-state index in [0.29, 0.717) is 12.1 Å². The zero-order chi connectivity index (χ0) is 27.4. The number of nitrogens with zero attached hydrogens (tertiary/aromatic N) is 2. The van der Waals surface area contributed by atoms with Crippen molar-refractivity contribution in [2.45, 2.75) is 55.5 Å². The van der Waals surface area contributed by atoms with Crippen LogP contribution in [0.2, 0.25) is 0 Å². The maximum Gasteiger partial charge on any atom is 0.233 e. The molecule has 1 saturated heterocycles. The smallest absolute Gasteiger partial charge is 0.233 e. The summed E-state index contributed by atoms with van der Waals surface area (Å²) in [6.07, 6.45) is 4.69. The van der Waals surface area contributed by atoms with E-state index >= 15 is 0 Å². The van der Waals surface area contributed by atoms with E-state index in [2.05, 4.69) is 46.4 Å². The lowest BCUT2D eigenvalue weighted by atomic mass is 10.0. The Morgan fingerprint density at radius 3 is 2.08 bits per heavy atom. The molecular weight excluding hydrogens is 513 g/mol. The number of halogens is 1. The van der Waals surface area contributed by atoms with Crippen molar-refractivity contribution in [1.82, 2.24) is 9.88 Å². The van der Waals surface area contributed by atoms with E-state index in [1.165, 1.54) is 30.5 Å². The zero-order valence-electron chi connectivity index (χ0n) is 22.4. The molecule has 1 fully saturated rings. The fourth-order valence-corrected chi connectivity index (χ4v) is 6.27. The van der Waals surface area contributed by atoms with Crippen molar-refractivity contribution in [3.8, 4) is 11.5 Å². The number of aromatic nitrogens is 1. The van der Waals surface area contributed by atoms with Gasteiger partial charge in [0.15, 0.2) is 0 Å². The molecule has 1 aliphatic heterocycles. The first-order valence-corrected chi connectivity index (χ1v) is 14.9. The van der Waals surface area contributed by atoms with E-state index in [4.69, 9.17) is 4.42 Å². The molecule has 2 heterocycles. The maximum atomic E-state index is 13.7. The summed E-state index contributed by atoms with van der Waals surface area (Å²) in [5, 5.41) is 3.10. The van der Waals surface area contributed by atoms with Gasteiger partial charge in [-0.1, -0.05) is 60.4 Å². The van der Waals surface area contributed by atoms with Crippen molar-refractivity contribution >= 4 is 15.7 Å². The maximum absolute atomic E-state index is 13.7. The van der Waals surface area contributed by atoms with Crippen LogP contribution >= 0.6 is 0 Å². The van der Waals surface area contributed by atoms with Gasteiger partial charge in [0, 0.05) is 12.1 Å². The Morgan fingerprint density at radius 1 is 0.872 bits per heavy atom. The Labute approximate surface area is 229 Å². The van der Waals surface area contributed by atoms with Gasteiger partial charge in [0.05, 0.1) is 10.9 Å². The third kappa shape index (κ3) is 6.23. The number of aryl methyl sites for hydroxylation is 2. The minimum Gasteiger partial charge on any atom is -0.419 e. The molecule has 1 atom stereocenters. The van der Waals surface area contributed by atoms with Gasteiger partial charge in [-0.15, -0.1) is 0 Å². The molecule has 0 amide bonds. The van der Waals surface area contributed by atoms with Crippen LogP contribution in [0.15, 0.2) is 87.1 Å². The van der Waals surface area contributed by atoms with Crippen LogP contribution in [0.3, 0.4) is 0 Å². The molecule has 1 unspecified atom stereocenters. The number of likely N-dealkylation sites (tertiary alicyclic amines) is 1. The van der Waals surface area contributed by atoms with E-state index in [0.717, 1.165) is 49.2 Å². The summed E-state index contributed by atoms with van der Waals surface area (Å²) in [6.45, 7) is 6.44. The minimum absolute atomic E-state index is 0.0259. The van der Waals surface area contributed by atoms with Crippen LogP contribution in [0.5, 0.6) is 0 Å². The molecule has 0 radical (unpaired) electrons. The molecule has 5 rings (SSSR count). The van der Waals surface area contributed by atoms with Gasteiger partial charge < -0.3 is 9.73 Å². The topological polar surface area (TPSA) is 75.4 Å². The monoisotopic (exact) mass is 547 g/mol. The van der Waals surface area contributed by atoms with Gasteiger partial charge in [0.1, 0.15) is 5.82 Å². The first-order valence-electron chi connectivity index (χ1n) is 13.4. The predicted octanol–water partition coefficient (Wildman–Crippen LogP) is 6.96. The largest absolute Gasteiger partial charge is 0.419 e. The van der Waals surface area contributed by atoms with Crippen LogP contribution in [-0.4, -0.2) is 37.9 Å².